The number of fused-ring (bicyclic) bond motifs is 1. The Hall–Kier alpha value is -3.26. The second kappa shape index (κ2) is 6.91. The molecule has 5 nitrogen and oxygen atoms in total. The predicted octanol–water partition coefficient (Wildman–Crippen LogP) is 4.37. The summed E-state index contributed by atoms with van der Waals surface area (Å²) in [5, 5.41) is 0.506. The molecule has 0 aliphatic carbocycles. The third-order valence-electron chi connectivity index (χ3n) is 5.02. The molecule has 0 spiro atoms. The van der Waals surface area contributed by atoms with Gasteiger partial charge in [0.2, 0.25) is 0 Å². The lowest BCUT2D eigenvalue weighted by atomic mass is 10.1. The van der Waals surface area contributed by atoms with Crippen molar-refractivity contribution in [3.63, 3.8) is 0 Å². The van der Waals surface area contributed by atoms with Gasteiger partial charge in [0, 0.05) is 36.6 Å². The van der Waals surface area contributed by atoms with Crippen molar-refractivity contribution >= 4 is 22.5 Å². The monoisotopic (exact) mass is 433 g/mol. The van der Waals surface area contributed by atoms with Gasteiger partial charge in [0.1, 0.15) is 0 Å². The molecule has 0 radical (unpaired) electrons. The largest absolute Gasteiger partial charge is 0.416 e. The zero-order chi connectivity index (χ0) is 21.8. The Bertz CT molecular complexity index is 1410. The number of halogens is 4. The number of aromatic nitrogens is 3. The van der Waals surface area contributed by atoms with Crippen LogP contribution in [0.15, 0.2) is 64.3 Å². The molecular weight excluding hydrogens is 419 g/mol. The van der Waals surface area contributed by atoms with E-state index >= 15 is 0 Å². The number of benzene rings is 2. The van der Waals surface area contributed by atoms with Crippen molar-refractivity contribution in [2.45, 2.75) is 6.18 Å². The van der Waals surface area contributed by atoms with Crippen LogP contribution in [0.2, 0.25) is 5.02 Å². The number of hydrogen-bond donors (Lipinski definition) is 0. The minimum absolute atomic E-state index is 0.185. The van der Waals surface area contributed by atoms with E-state index in [-0.39, 0.29) is 16.6 Å². The molecule has 0 fully saturated rings. The Morgan fingerprint density at radius 3 is 2.30 bits per heavy atom. The van der Waals surface area contributed by atoms with E-state index in [9.17, 15) is 22.8 Å². The van der Waals surface area contributed by atoms with Gasteiger partial charge in [-0.2, -0.15) is 13.2 Å². The lowest BCUT2D eigenvalue weighted by Crippen LogP contribution is -2.36. The summed E-state index contributed by atoms with van der Waals surface area (Å²) in [5.41, 5.74) is -0.688. The van der Waals surface area contributed by atoms with E-state index in [1.54, 1.807) is 24.3 Å². The molecule has 0 aliphatic heterocycles. The van der Waals surface area contributed by atoms with Gasteiger partial charge in [-0.1, -0.05) is 35.9 Å². The Balaban J connectivity index is 2.19. The molecule has 30 heavy (non-hydrogen) atoms. The molecule has 0 unspecified atom stereocenters. The molecule has 9 heteroatoms. The van der Waals surface area contributed by atoms with Gasteiger partial charge in [0.25, 0.3) is 5.56 Å². The van der Waals surface area contributed by atoms with Crippen LogP contribution in [0.4, 0.5) is 13.2 Å². The number of nitrogens with zero attached hydrogens (tertiary/aromatic N) is 3. The van der Waals surface area contributed by atoms with Crippen LogP contribution in [-0.2, 0) is 20.3 Å². The van der Waals surface area contributed by atoms with E-state index in [1.807, 2.05) is 0 Å². The van der Waals surface area contributed by atoms with Gasteiger partial charge in [-0.3, -0.25) is 13.9 Å². The van der Waals surface area contributed by atoms with Crippen LogP contribution in [0.3, 0.4) is 0 Å². The maximum Gasteiger partial charge on any atom is 0.416 e. The Kier molecular flexibility index (Phi) is 4.62. The topological polar surface area (TPSA) is 48.9 Å². The van der Waals surface area contributed by atoms with E-state index in [0.29, 0.717) is 16.3 Å². The summed E-state index contributed by atoms with van der Waals surface area (Å²) in [6, 6.07) is 11.5. The first kappa shape index (κ1) is 20.0. The molecule has 0 amide bonds. The fraction of sp³-hybridized carbons (Fsp3) is 0.143. The van der Waals surface area contributed by atoms with Crippen molar-refractivity contribution in [2.24, 2.45) is 14.1 Å². The van der Waals surface area contributed by atoms with Gasteiger partial charge in [-0.05, 0) is 24.3 Å². The van der Waals surface area contributed by atoms with E-state index in [0.717, 1.165) is 16.7 Å². The van der Waals surface area contributed by atoms with Crippen LogP contribution >= 0.6 is 11.6 Å². The van der Waals surface area contributed by atoms with Crippen LogP contribution in [0.1, 0.15) is 5.56 Å². The van der Waals surface area contributed by atoms with E-state index in [1.165, 1.54) is 41.6 Å². The second-order valence-corrected chi connectivity index (χ2v) is 7.25. The zero-order valence-corrected chi connectivity index (χ0v) is 16.6. The van der Waals surface area contributed by atoms with Crippen molar-refractivity contribution in [1.29, 1.82) is 0 Å². The minimum atomic E-state index is -4.53. The van der Waals surface area contributed by atoms with Gasteiger partial charge in [0.05, 0.1) is 22.2 Å². The van der Waals surface area contributed by atoms with Gasteiger partial charge in [-0.25, -0.2) is 4.79 Å². The lowest BCUT2D eigenvalue weighted by Gasteiger charge is -2.13. The van der Waals surface area contributed by atoms with Crippen molar-refractivity contribution < 1.29 is 13.2 Å². The third kappa shape index (κ3) is 3.04. The maximum absolute atomic E-state index is 13.3. The highest BCUT2D eigenvalue weighted by molar-refractivity contribution is 6.33. The summed E-state index contributed by atoms with van der Waals surface area (Å²) in [6.07, 6.45) is -3.05. The van der Waals surface area contributed by atoms with Gasteiger partial charge in [0.15, 0.2) is 0 Å². The number of rotatable bonds is 2. The highest BCUT2D eigenvalue weighted by atomic mass is 35.5. The SMILES string of the molecule is Cn1c(=O)c2c(-c3ccccc3Cl)n(-c3cccc(C(F)(F)F)c3)cc2n(C)c1=O. The molecule has 0 aliphatic rings. The molecule has 2 aromatic heterocycles. The summed E-state index contributed by atoms with van der Waals surface area (Å²) in [7, 11) is 2.85. The molecule has 0 bridgehead atoms. The van der Waals surface area contributed by atoms with Crippen LogP contribution in [-0.4, -0.2) is 13.7 Å². The highest BCUT2D eigenvalue weighted by Crippen LogP contribution is 2.36. The molecule has 0 atom stereocenters. The fourth-order valence-electron chi connectivity index (χ4n) is 3.49. The maximum atomic E-state index is 13.3. The molecule has 154 valence electrons. The standard InChI is InChI=1S/C21H15ClF3N3O2/c1-26-16-11-28(13-7-5-6-12(10-13)21(23,24)25)18(14-8-3-4-9-15(14)22)17(16)19(29)27(2)20(26)30/h3-11H,1-2H3. The Morgan fingerprint density at radius 1 is 0.933 bits per heavy atom. The van der Waals surface area contributed by atoms with Gasteiger partial charge in [-0.15, -0.1) is 0 Å². The Labute approximate surface area is 173 Å². The van der Waals surface area contributed by atoms with Crippen molar-refractivity contribution in [3.05, 3.63) is 86.2 Å². The average Bonchev–Trinajstić information content (AvgIpc) is 3.11. The summed E-state index contributed by atoms with van der Waals surface area (Å²) >= 11 is 6.37. The minimum Gasteiger partial charge on any atom is -0.314 e. The first-order valence-electron chi connectivity index (χ1n) is 8.85. The quantitative estimate of drug-likeness (QED) is 0.471. The number of hydrogen-bond acceptors (Lipinski definition) is 2. The molecule has 0 saturated heterocycles. The predicted molar refractivity (Wildman–Crippen MR) is 109 cm³/mol. The van der Waals surface area contributed by atoms with Crippen molar-refractivity contribution in [3.8, 4) is 16.9 Å². The molecule has 0 N–H and O–H groups in total. The number of alkyl halides is 3. The van der Waals surface area contributed by atoms with E-state index in [4.69, 9.17) is 11.6 Å². The van der Waals surface area contributed by atoms with Gasteiger partial charge >= 0.3 is 11.9 Å². The smallest absolute Gasteiger partial charge is 0.314 e. The second-order valence-electron chi connectivity index (χ2n) is 6.84. The molecule has 4 aromatic rings. The van der Waals surface area contributed by atoms with Crippen LogP contribution in [0.25, 0.3) is 27.8 Å². The lowest BCUT2D eigenvalue weighted by molar-refractivity contribution is -0.137. The van der Waals surface area contributed by atoms with Crippen LogP contribution in [0, 0.1) is 0 Å². The van der Waals surface area contributed by atoms with E-state index < -0.39 is 23.0 Å². The summed E-state index contributed by atoms with van der Waals surface area (Å²) in [4.78, 5) is 25.4. The highest BCUT2D eigenvalue weighted by Gasteiger charge is 2.31. The fourth-order valence-corrected chi connectivity index (χ4v) is 3.72. The Morgan fingerprint density at radius 2 is 1.63 bits per heavy atom. The van der Waals surface area contributed by atoms with Crippen molar-refractivity contribution in [1.82, 2.24) is 13.7 Å². The third-order valence-corrected chi connectivity index (χ3v) is 5.35. The van der Waals surface area contributed by atoms with Crippen LogP contribution in [0.5, 0.6) is 0 Å². The summed E-state index contributed by atoms with van der Waals surface area (Å²) < 4.78 is 43.5. The van der Waals surface area contributed by atoms with Crippen LogP contribution < -0.4 is 11.2 Å². The van der Waals surface area contributed by atoms with Crippen molar-refractivity contribution in [2.75, 3.05) is 0 Å². The molecule has 0 saturated carbocycles. The number of aryl methyl sites for hydroxylation is 1. The molecule has 2 heterocycles. The van der Waals surface area contributed by atoms with E-state index in [2.05, 4.69) is 0 Å². The molecule has 4 rings (SSSR count). The van der Waals surface area contributed by atoms with Gasteiger partial charge < -0.3 is 4.57 Å². The molecule has 2 aromatic carbocycles. The normalized spacial score (nSPS) is 11.9. The average molecular weight is 434 g/mol. The summed E-state index contributed by atoms with van der Waals surface area (Å²) in [5.74, 6) is 0. The zero-order valence-electron chi connectivity index (χ0n) is 15.9. The first-order chi connectivity index (χ1) is 14.1. The first-order valence-corrected chi connectivity index (χ1v) is 9.22. The summed E-state index contributed by atoms with van der Waals surface area (Å²) in [6.45, 7) is 0. The molecular formula is C21H15ClF3N3O2.